The van der Waals surface area contributed by atoms with Crippen LogP contribution < -0.4 is 4.74 Å². The number of hydrogen-bond acceptors (Lipinski definition) is 4. The Labute approximate surface area is 240 Å². The molecule has 2 aromatic rings. The Morgan fingerprint density at radius 2 is 1.60 bits per heavy atom. The van der Waals surface area contributed by atoms with Crippen molar-refractivity contribution in [3.05, 3.63) is 63.6 Å². The van der Waals surface area contributed by atoms with E-state index in [-0.39, 0.29) is 39.7 Å². The standard InChI is InChI=1S/C29H33BrF3N3O4/c1-18(37)35-11-8-20(9-12-35)28(39)36-13-10-26(25(17-36)19-4-6-24(40-3)7-5-19)34(2)27(38)21-14-22(29(31,32)33)16-23(30)15-21/h4-7,14-16,20,25-26H,8-13,17H2,1-3H3/t25-,26+/m0/s1. The van der Waals surface area contributed by atoms with Gasteiger partial charge in [0.05, 0.1) is 12.7 Å². The van der Waals surface area contributed by atoms with Crippen molar-refractivity contribution in [1.82, 2.24) is 14.7 Å². The molecule has 0 bridgehead atoms. The topological polar surface area (TPSA) is 70.2 Å². The Balaban J connectivity index is 1.57. The van der Waals surface area contributed by atoms with Crippen LogP contribution in [0.2, 0.25) is 0 Å². The van der Waals surface area contributed by atoms with Gasteiger partial charge in [-0.25, -0.2) is 0 Å². The van der Waals surface area contributed by atoms with Crippen LogP contribution in [0.3, 0.4) is 0 Å². The Hall–Kier alpha value is -3.08. The van der Waals surface area contributed by atoms with Crippen molar-refractivity contribution < 1.29 is 32.3 Å². The maximum absolute atomic E-state index is 13.5. The lowest BCUT2D eigenvalue weighted by Crippen LogP contribution is -2.53. The third-order valence-corrected chi connectivity index (χ3v) is 8.47. The van der Waals surface area contributed by atoms with E-state index in [9.17, 15) is 27.6 Å². The number of halogens is 4. The molecule has 40 heavy (non-hydrogen) atoms. The molecular formula is C29H33BrF3N3O4. The van der Waals surface area contributed by atoms with Crippen molar-refractivity contribution in [3.63, 3.8) is 0 Å². The fourth-order valence-corrected chi connectivity index (χ4v) is 6.21. The second-order valence-electron chi connectivity index (χ2n) is 10.4. The monoisotopic (exact) mass is 623 g/mol. The highest BCUT2D eigenvalue weighted by Gasteiger charge is 2.39. The molecule has 0 N–H and O–H groups in total. The van der Waals surface area contributed by atoms with E-state index in [1.54, 1.807) is 19.1 Å². The van der Waals surface area contributed by atoms with Gasteiger partial charge in [-0.2, -0.15) is 13.2 Å². The zero-order valence-corrected chi connectivity index (χ0v) is 24.3. The molecule has 2 saturated heterocycles. The summed E-state index contributed by atoms with van der Waals surface area (Å²) in [5.41, 5.74) is -0.0606. The van der Waals surface area contributed by atoms with Gasteiger partial charge < -0.3 is 19.4 Å². The van der Waals surface area contributed by atoms with Crippen molar-refractivity contribution in [2.75, 3.05) is 40.3 Å². The second kappa shape index (κ2) is 12.2. The molecule has 2 atom stereocenters. The van der Waals surface area contributed by atoms with Crippen molar-refractivity contribution >= 4 is 33.7 Å². The van der Waals surface area contributed by atoms with Crippen LogP contribution in [0, 0.1) is 5.92 Å². The van der Waals surface area contributed by atoms with Gasteiger partial charge in [0.2, 0.25) is 11.8 Å². The summed E-state index contributed by atoms with van der Waals surface area (Å²) >= 11 is 3.11. The van der Waals surface area contributed by atoms with E-state index >= 15 is 0 Å². The van der Waals surface area contributed by atoms with Crippen LogP contribution >= 0.6 is 15.9 Å². The first kappa shape index (κ1) is 29.9. The van der Waals surface area contributed by atoms with Gasteiger partial charge in [-0.1, -0.05) is 28.1 Å². The smallest absolute Gasteiger partial charge is 0.416 e. The summed E-state index contributed by atoms with van der Waals surface area (Å²) in [6, 6.07) is 10.3. The van der Waals surface area contributed by atoms with Gasteiger partial charge in [0, 0.05) is 68.1 Å². The van der Waals surface area contributed by atoms with Crippen LogP contribution in [0.15, 0.2) is 46.9 Å². The summed E-state index contributed by atoms with van der Waals surface area (Å²) in [6.45, 7) is 3.42. The molecule has 2 fully saturated rings. The number of likely N-dealkylation sites (N-methyl/N-ethyl adjacent to an activating group) is 1. The molecule has 2 aromatic carbocycles. The van der Waals surface area contributed by atoms with Crippen LogP contribution in [0.25, 0.3) is 0 Å². The first-order valence-corrected chi connectivity index (χ1v) is 14.0. The van der Waals surface area contributed by atoms with E-state index in [1.165, 1.54) is 17.9 Å². The molecule has 0 aliphatic carbocycles. The minimum Gasteiger partial charge on any atom is -0.497 e. The van der Waals surface area contributed by atoms with E-state index in [0.717, 1.165) is 17.7 Å². The van der Waals surface area contributed by atoms with Gasteiger partial charge in [0.15, 0.2) is 0 Å². The summed E-state index contributed by atoms with van der Waals surface area (Å²) in [6.07, 6.45) is -2.91. The van der Waals surface area contributed by atoms with Crippen molar-refractivity contribution in [1.29, 1.82) is 0 Å². The molecule has 0 unspecified atom stereocenters. The lowest BCUT2D eigenvalue weighted by atomic mass is 9.83. The van der Waals surface area contributed by atoms with E-state index < -0.39 is 17.6 Å². The normalized spacial score (nSPS) is 20.3. The van der Waals surface area contributed by atoms with Crippen LogP contribution in [-0.2, 0) is 15.8 Å². The van der Waals surface area contributed by atoms with E-state index in [0.29, 0.717) is 51.2 Å². The number of ether oxygens (including phenoxy) is 1. The molecule has 4 rings (SSSR count). The molecule has 0 spiro atoms. The van der Waals surface area contributed by atoms with Gasteiger partial charge in [-0.3, -0.25) is 14.4 Å². The van der Waals surface area contributed by atoms with Gasteiger partial charge >= 0.3 is 6.18 Å². The average molecular weight is 624 g/mol. The third kappa shape index (κ3) is 6.62. The number of alkyl halides is 3. The Bertz CT molecular complexity index is 1250. The summed E-state index contributed by atoms with van der Waals surface area (Å²) in [7, 11) is 3.17. The van der Waals surface area contributed by atoms with E-state index in [4.69, 9.17) is 4.74 Å². The predicted molar refractivity (Wildman–Crippen MR) is 147 cm³/mol. The number of rotatable bonds is 5. The summed E-state index contributed by atoms with van der Waals surface area (Å²) in [5.74, 6) is -0.247. The minimum absolute atomic E-state index is 0.00628. The number of hydrogen-bond donors (Lipinski definition) is 0. The fourth-order valence-electron chi connectivity index (χ4n) is 5.71. The van der Waals surface area contributed by atoms with E-state index in [1.807, 2.05) is 29.2 Å². The molecule has 0 saturated carbocycles. The Morgan fingerprint density at radius 3 is 2.17 bits per heavy atom. The predicted octanol–water partition coefficient (Wildman–Crippen LogP) is 5.19. The van der Waals surface area contributed by atoms with Crippen LogP contribution in [0.1, 0.15) is 53.6 Å². The minimum atomic E-state index is -4.59. The quantitative estimate of drug-likeness (QED) is 0.460. The molecule has 2 heterocycles. The molecule has 7 nitrogen and oxygen atoms in total. The summed E-state index contributed by atoms with van der Waals surface area (Å²) < 4.78 is 45.8. The highest BCUT2D eigenvalue weighted by atomic mass is 79.9. The molecule has 216 valence electrons. The molecule has 2 aliphatic heterocycles. The highest BCUT2D eigenvalue weighted by Crippen LogP contribution is 2.36. The van der Waals surface area contributed by atoms with Crippen molar-refractivity contribution in [3.8, 4) is 5.75 Å². The Morgan fingerprint density at radius 1 is 0.975 bits per heavy atom. The number of carbonyl (C=O) groups is 3. The van der Waals surface area contributed by atoms with E-state index in [2.05, 4.69) is 15.9 Å². The molecule has 11 heteroatoms. The first-order chi connectivity index (χ1) is 18.9. The molecule has 0 aromatic heterocycles. The average Bonchev–Trinajstić information content (AvgIpc) is 2.95. The third-order valence-electron chi connectivity index (χ3n) is 8.01. The van der Waals surface area contributed by atoms with Gasteiger partial charge in [0.1, 0.15) is 5.75 Å². The SMILES string of the molecule is COc1ccc([C@@H]2CN(C(=O)C3CCN(C(C)=O)CC3)CC[C@H]2N(C)C(=O)c2cc(Br)cc(C(F)(F)F)c2)cc1. The van der Waals surface area contributed by atoms with Crippen molar-refractivity contribution in [2.24, 2.45) is 5.92 Å². The number of carbonyl (C=O) groups excluding carboxylic acids is 3. The molecule has 0 radical (unpaired) electrons. The van der Waals surface area contributed by atoms with Crippen LogP contribution in [-0.4, -0.2) is 78.8 Å². The zero-order valence-electron chi connectivity index (χ0n) is 22.7. The Kier molecular flexibility index (Phi) is 9.12. The number of amides is 3. The second-order valence-corrected chi connectivity index (χ2v) is 11.4. The van der Waals surface area contributed by atoms with Gasteiger partial charge in [-0.05, 0) is 55.2 Å². The lowest BCUT2D eigenvalue weighted by molar-refractivity contribution is -0.141. The highest BCUT2D eigenvalue weighted by molar-refractivity contribution is 9.10. The summed E-state index contributed by atoms with van der Waals surface area (Å²) in [4.78, 5) is 43.8. The maximum Gasteiger partial charge on any atom is 0.416 e. The van der Waals surface area contributed by atoms with Crippen LogP contribution in [0.4, 0.5) is 13.2 Å². The molecule has 2 aliphatic rings. The number of methoxy groups -OCH3 is 1. The fraction of sp³-hybridized carbons (Fsp3) is 0.483. The summed E-state index contributed by atoms with van der Waals surface area (Å²) in [5, 5.41) is 0. The number of likely N-dealkylation sites (tertiary alicyclic amines) is 2. The van der Waals surface area contributed by atoms with Gasteiger partial charge in [-0.15, -0.1) is 0 Å². The van der Waals surface area contributed by atoms with Gasteiger partial charge in [0.25, 0.3) is 5.91 Å². The maximum atomic E-state index is 13.5. The number of benzene rings is 2. The largest absolute Gasteiger partial charge is 0.497 e. The number of piperidine rings is 2. The lowest BCUT2D eigenvalue weighted by Gasteiger charge is -2.44. The number of nitrogens with zero attached hydrogens (tertiary/aromatic N) is 3. The van der Waals surface area contributed by atoms with Crippen molar-refractivity contribution in [2.45, 2.75) is 44.3 Å². The van der Waals surface area contributed by atoms with Crippen LogP contribution in [0.5, 0.6) is 5.75 Å². The zero-order chi connectivity index (χ0) is 29.2. The molecule has 3 amide bonds. The first-order valence-electron chi connectivity index (χ1n) is 13.2. The molecular weight excluding hydrogens is 591 g/mol.